The van der Waals surface area contributed by atoms with Crippen molar-refractivity contribution in [1.29, 1.82) is 0 Å². The lowest BCUT2D eigenvalue weighted by molar-refractivity contribution is 0.414. The van der Waals surface area contributed by atoms with E-state index >= 15 is 0 Å². The summed E-state index contributed by atoms with van der Waals surface area (Å²) in [6, 6.07) is 28.2. The summed E-state index contributed by atoms with van der Waals surface area (Å²) in [7, 11) is 1.68. The lowest BCUT2D eigenvalue weighted by Gasteiger charge is -2.29. The van der Waals surface area contributed by atoms with Crippen molar-refractivity contribution in [3.8, 4) is 11.4 Å². The summed E-state index contributed by atoms with van der Waals surface area (Å²) in [6.07, 6.45) is 3.90. The van der Waals surface area contributed by atoms with Crippen molar-refractivity contribution in [3.63, 3.8) is 0 Å². The van der Waals surface area contributed by atoms with E-state index in [1.165, 1.54) is 0 Å². The van der Waals surface area contributed by atoms with Gasteiger partial charge < -0.3 is 19.5 Å². The Kier molecular flexibility index (Phi) is 5.14. The number of methoxy groups -OCH3 is 1. The molecule has 1 fully saturated rings. The molecule has 1 saturated heterocycles. The molecule has 1 aliphatic rings. The molecule has 0 bridgehead atoms. The number of nitrogens with zero attached hydrogens (tertiary/aromatic N) is 3. The maximum atomic E-state index is 5.84. The molecule has 0 radical (unpaired) electrons. The van der Waals surface area contributed by atoms with Gasteiger partial charge in [0.1, 0.15) is 11.8 Å². The molecule has 6 heteroatoms. The van der Waals surface area contributed by atoms with Crippen LogP contribution in [0.1, 0.15) is 23.5 Å². The predicted molar refractivity (Wildman–Crippen MR) is 127 cm³/mol. The molecule has 2 aromatic carbocycles. The molecule has 1 aliphatic heterocycles. The fourth-order valence-corrected chi connectivity index (χ4v) is 4.54. The van der Waals surface area contributed by atoms with E-state index in [0.29, 0.717) is 5.11 Å². The largest absolute Gasteiger partial charge is 0.495 e. The minimum Gasteiger partial charge on any atom is -0.495 e. The Morgan fingerprint density at radius 2 is 1.68 bits per heavy atom. The van der Waals surface area contributed by atoms with Crippen LogP contribution in [-0.4, -0.2) is 21.8 Å². The highest BCUT2D eigenvalue weighted by atomic mass is 32.1. The Bertz CT molecular complexity index is 1190. The van der Waals surface area contributed by atoms with Gasteiger partial charge in [0.2, 0.25) is 0 Å². The molecule has 0 aliphatic carbocycles. The second kappa shape index (κ2) is 8.24. The Hall–Kier alpha value is -3.64. The molecular formula is C25H22N4OS. The van der Waals surface area contributed by atoms with Crippen LogP contribution >= 0.6 is 12.2 Å². The standard InChI is InChI=1S/C25H22N4OS/c1-30-22-15-6-5-13-20(22)29-24(23(27-25(29)31)19-12-7-8-16-26-19)21-14-9-17-28(21)18-10-3-2-4-11-18/h2-17,23-24H,1H3,(H,27,31)/t23-,24+/m1/s1. The highest BCUT2D eigenvalue weighted by Gasteiger charge is 2.43. The first-order valence-electron chi connectivity index (χ1n) is 10.1. The summed E-state index contributed by atoms with van der Waals surface area (Å²) in [4.78, 5) is 6.78. The number of rotatable bonds is 5. The van der Waals surface area contributed by atoms with Crippen molar-refractivity contribution in [3.05, 3.63) is 109 Å². The summed E-state index contributed by atoms with van der Waals surface area (Å²) in [6.45, 7) is 0. The fourth-order valence-electron chi connectivity index (χ4n) is 4.20. The third kappa shape index (κ3) is 3.45. The highest BCUT2D eigenvalue weighted by molar-refractivity contribution is 7.80. The molecule has 1 N–H and O–H groups in total. The van der Waals surface area contributed by atoms with Gasteiger partial charge in [-0.1, -0.05) is 36.4 Å². The molecular weight excluding hydrogens is 404 g/mol. The lowest BCUT2D eigenvalue weighted by atomic mass is 10.0. The molecule has 4 aromatic rings. The zero-order valence-electron chi connectivity index (χ0n) is 17.1. The first-order chi connectivity index (χ1) is 15.3. The Balaban J connectivity index is 1.69. The molecule has 0 saturated carbocycles. The molecule has 154 valence electrons. The third-order valence-corrected chi connectivity index (χ3v) is 5.88. The first kappa shape index (κ1) is 19.3. The van der Waals surface area contributed by atoms with Gasteiger partial charge in [-0.05, 0) is 60.7 Å². The number of nitrogens with one attached hydrogen (secondary N) is 1. The molecule has 0 unspecified atom stereocenters. The number of anilines is 1. The number of hydrogen-bond acceptors (Lipinski definition) is 3. The zero-order valence-corrected chi connectivity index (χ0v) is 17.9. The van der Waals surface area contributed by atoms with Gasteiger partial charge in [-0.15, -0.1) is 0 Å². The van der Waals surface area contributed by atoms with Crippen LogP contribution in [0.25, 0.3) is 5.69 Å². The Morgan fingerprint density at radius 3 is 2.45 bits per heavy atom. The van der Waals surface area contributed by atoms with Crippen LogP contribution in [0.3, 0.4) is 0 Å². The zero-order chi connectivity index (χ0) is 21.2. The van der Waals surface area contributed by atoms with Crippen molar-refractivity contribution >= 4 is 23.0 Å². The Morgan fingerprint density at radius 1 is 0.903 bits per heavy atom. The van der Waals surface area contributed by atoms with Crippen LogP contribution in [0.5, 0.6) is 5.75 Å². The highest BCUT2D eigenvalue weighted by Crippen LogP contribution is 2.44. The van der Waals surface area contributed by atoms with E-state index in [-0.39, 0.29) is 12.1 Å². The second-order valence-corrected chi connectivity index (χ2v) is 7.69. The number of thiocarbonyl (C=S) groups is 1. The summed E-state index contributed by atoms with van der Waals surface area (Å²) < 4.78 is 7.88. The number of aromatic nitrogens is 2. The number of pyridine rings is 1. The molecule has 0 spiro atoms. The van der Waals surface area contributed by atoms with E-state index in [9.17, 15) is 0 Å². The van der Waals surface area contributed by atoms with Crippen LogP contribution in [0.4, 0.5) is 5.69 Å². The maximum Gasteiger partial charge on any atom is 0.174 e. The van der Waals surface area contributed by atoms with Gasteiger partial charge >= 0.3 is 0 Å². The second-order valence-electron chi connectivity index (χ2n) is 7.31. The van der Waals surface area contributed by atoms with Gasteiger partial charge in [0, 0.05) is 23.8 Å². The van der Waals surface area contributed by atoms with E-state index in [2.05, 4.69) is 50.2 Å². The van der Waals surface area contributed by atoms with Crippen LogP contribution < -0.4 is 15.0 Å². The van der Waals surface area contributed by atoms with E-state index in [1.807, 2.05) is 66.9 Å². The summed E-state index contributed by atoms with van der Waals surface area (Å²) in [5, 5.41) is 4.16. The fraction of sp³-hybridized carbons (Fsp3) is 0.120. The predicted octanol–water partition coefficient (Wildman–Crippen LogP) is 5.06. The van der Waals surface area contributed by atoms with Crippen molar-refractivity contribution in [2.24, 2.45) is 0 Å². The van der Waals surface area contributed by atoms with Crippen molar-refractivity contribution in [2.75, 3.05) is 12.0 Å². The van der Waals surface area contributed by atoms with E-state index in [0.717, 1.165) is 28.5 Å². The first-order valence-corrected chi connectivity index (χ1v) is 10.5. The monoisotopic (exact) mass is 426 g/mol. The van der Waals surface area contributed by atoms with Gasteiger partial charge in [0.25, 0.3) is 0 Å². The van der Waals surface area contributed by atoms with Crippen LogP contribution in [0.2, 0.25) is 0 Å². The van der Waals surface area contributed by atoms with Crippen molar-refractivity contribution < 1.29 is 4.74 Å². The summed E-state index contributed by atoms with van der Waals surface area (Å²) in [5.74, 6) is 0.774. The minimum atomic E-state index is -0.117. The smallest absolute Gasteiger partial charge is 0.174 e. The molecule has 2 aromatic heterocycles. The molecule has 5 nitrogen and oxygen atoms in total. The summed E-state index contributed by atoms with van der Waals surface area (Å²) in [5.41, 5.74) is 4.07. The molecule has 2 atom stereocenters. The Labute approximate surface area is 186 Å². The van der Waals surface area contributed by atoms with E-state index in [4.69, 9.17) is 17.0 Å². The minimum absolute atomic E-state index is 0.115. The van der Waals surface area contributed by atoms with Crippen LogP contribution in [-0.2, 0) is 0 Å². The molecule has 0 amide bonds. The van der Waals surface area contributed by atoms with Crippen LogP contribution in [0, 0.1) is 0 Å². The van der Waals surface area contributed by atoms with Crippen LogP contribution in [0.15, 0.2) is 97.3 Å². The van der Waals surface area contributed by atoms with Crippen molar-refractivity contribution in [1.82, 2.24) is 14.9 Å². The van der Waals surface area contributed by atoms with Gasteiger partial charge in [-0.25, -0.2) is 0 Å². The van der Waals surface area contributed by atoms with Gasteiger partial charge in [0.05, 0.1) is 24.5 Å². The van der Waals surface area contributed by atoms with E-state index in [1.54, 1.807) is 7.11 Å². The molecule has 5 rings (SSSR count). The van der Waals surface area contributed by atoms with Gasteiger partial charge in [0.15, 0.2) is 5.11 Å². The number of para-hydroxylation sites is 3. The van der Waals surface area contributed by atoms with E-state index < -0.39 is 0 Å². The topological polar surface area (TPSA) is 42.3 Å². The maximum absolute atomic E-state index is 5.84. The third-order valence-electron chi connectivity index (χ3n) is 5.56. The molecule has 31 heavy (non-hydrogen) atoms. The normalized spacial score (nSPS) is 18.1. The average Bonchev–Trinajstić information content (AvgIpc) is 3.44. The lowest BCUT2D eigenvalue weighted by Crippen LogP contribution is -2.30. The van der Waals surface area contributed by atoms with Gasteiger partial charge in [-0.2, -0.15) is 0 Å². The van der Waals surface area contributed by atoms with Gasteiger partial charge in [-0.3, -0.25) is 4.98 Å². The average molecular weight is 427 g/mol. The molecule has 3 heterocycles. The van der Waals surface area contributed by atoms with Crippen molar-refractivity contribution in [2.45, 2.75) is 12.1 Å². The SMILES string of the molecule is COc1ccccc1N1C(=S)N[C@H](c2ccccn2)[C@@H]1c1cccn1-c1ccccc1. The quantitative estimate of drug-likeness (QED) is 0.452. The number of hydrogen-bond donors (Lipinski definition) is 1. The number of benzene rings is 2. The number of ether oxygens (including phenoxy) is 1. The summed E-state index contributed by atoms with van der Waals surface area (Å²) >= 11 is 5.84.